The van der Waals surface area contributed by atoms with E-state index < -0.39 is 17.9 Å². The van der Waals surface area contributed by atoms with Crippen molar-refractivity contribution in [1.82, 2.24) is 4.98 Å². The monoisotopic (exact) mass is 408 g/mol. The van der Waals surface area contributed by atoms with Crippen molar-refractivity contribution in [1.29, 1.82) is 0 Å². The number of methoxy groups -OCH3 is 3. The number of amides is 1. The minimum atomic E-state index is -1.14. The van der Waals surface area contributed by atoms with Crippen LogP contribution in [0.5, 0.6) is 5.75 Å². The second-order valence-electron chi connectivity index (χ2n) is 6.30. The number of aromatic amines is 1. The largest absolute Gasteiger partial charge is 0.495 e. The zero-order chi connectivity index (χ0) is 21.7. The molecule has 0 unspecified atom stereocenters. The van der Waals surface area contributed by atoms with Crippen molar-refractivity contribution < 1.29 is 28.6 Å². The van der Waals surface area contributed by atoms with E-state index in [9.17, 15) is 14.4 Å². The number of carbonyl (C=O) groups excluding carboxylic acids is 3. The smallest absolute Gasteiger partial charge is 0.321 e. The van der Waals surface area contributed by atoms with E-state index in [0.717, 1.165) is 0 Å². The molecule has 0 aliphatic carbocycles. The number of carbonyl (C=O) groups is 3. The molecule has 3 rings (SSSR count). The van der Waals surface area contributed by atoms with Crippen LogP contribution in [0.3, 0.4) is 0 Å². The highest BCUT2D eigenvalue weighted by Crippen LogP contribution is 2.36. The van der Waals surface area contributed by atoms with Gasteiger partial charge in [-0.2, -0.15) is 0 Å². The first-order valence-electron chi connectivity index (χ1n) is 9.02. The molecule has 1 aliphatic rings. The third kappa shape index (κ3) is 4.05. The van der Waals surface area contributed by atoms with Gasteiger partial charge in [0.1, 0.15) is 5.75 Å². The zero-order valence-corrected chi connectivity index (χ0v) is 16.7. The summed E-state index contributed by atoms with van der Waals surface area (Å²) in [5.41, 5.74) is 2.92. The maximum atomic E-state index is 12.5. The van der Waals surface area contributed by atoms with Crippen LogP contribution in [0.15, 0.2) is 30.5 Å². The van der Waals surface area contributed by atoms with Crippen molar-refractivity contribution >= 4 is 35.2 Å². The number of hydrogen-bond acceptors (Lipinski definition) is 6. The molecule has 2 aromatic rings. The van der Waals surface area contributed by atoms with Crippen LogP contribution in [0.1, 0.15) is 23.2 Å². The Balaban J connectivity index is 1.96. The Hall–Kier alpha value is -3.99. The van der Waals surface area contributed by atoms with E-state index in [1.807, 2.05) is 0 Å². The Morgan fingerprint density at radius 3 is 2.53 bits per heavy atom. The second kappa shape index (κ2) is 9.01. The highest BCUT2D eigenvalue weighted by Gasteiger charge is 2.29. The molecule has 0 spiro atoms. The van der Waals surface area contributed by atoms with Gasteiger partial charge in [0.15, 0.2) is 5.92 Å². The highest BCUT2D eigenvalue weighted by atomic mass is 16.5. The third-order valence-electron chi connectivity index (χ3n) is 4.57. The van der Waals surface area contributed by atoms with Gasteiger partial charge in [0.05, 0.1) is 38.3 Å². The zero-order valence-electron chi connectivity index (χ0n) is 16.7. The minimum absolute atomic E-state index is 0.0755. The van der Waals surface area contributed by atoms with Crippen LogP contribution in [-0.4, -0.2) is 44.2 Å². The topological polar surface area (TPSA) is 107 Å². The Morgan fingerprint density at radius 1 is 1.13 bits per heavy atom. The minimum Gasteiger partial charge on any atom is -0.495 e. The Bertz CT molecular complexity index is 1070. The average molecular weight is 408 g/mol. The standard InChI is InChI=1S/C22H20N2O6/c1-28-18-10-11-23-17(18)12-15-19-13(7-5-9-16(19)24-20(15)25)6-4-8-14(21(26)29-2)22(27)30-3/h5,7,9-12,14,23H,8H2,1-3H3,(H,24,25)/b15-12-. The van der Waals surface area contributed by atoms with E-state index in [2.05, 4.69) is 31.6 Å². The number of H-pyrrole nitrogens is 1. The number of hydrogen-bond donors (Lipinski definition) is 2. The van der Waals surface area contributed by atoms with Gasteiger partial charge in [-0.3, -0.25) is 14.4 Å². The van der Waals surface area contributed by atoms with Gasteiger partial charge in [-0.1, -0.05) is 17.9 Å². The van der Waals surface area contributed by atoms with E-state index in [4.69, 9.17) is 4.74 Å². The van der Waals surface area contributed by atoms with E-state index in [-0.39, 0.29) is 12.3 Å². The van der Waals surface area contributed by atoms with Crippen molar-refractivity contribution in [2.45, 2.75) is 6.42 Å². The molecule has 0 radical (unpaired) electrons. The Labute approximate surface area is 173 Å². The number of ether oxygens (including phenoxy) is 3. The predicted octanol–water partition coefficient (Wildman–Crippen LogP) is 2.22. The lowest BCUT2D eigenvalue weighted by Gasteiger charge is -2.08. The van der Waals surface area contributed by atoms with Crippen molar-refractivity contribution in [3.05, 3.63) is 47.3 Å². The number of aromatic nitrogens is 1. The fourth-order valence-electron chi connectivity index (χ4n) is 3.09. The molecule has 2 N–H and O–H groups in total. The average Bonchev–Trinajstić information content (AvgIpc) is 3.34. The van der Waals surface area contributed by atoms with Crippen molar-refractivity contribution in [2.24, 2.45) is 5.92 Å². The first-order chi connectivity index (χ1) is 14.5. The molecular weight excluding hydrogens is 388 g/mol. The molecule has 0 fully saturated rings. The lowest BCUT2D eigenvalue weighted by molar-refractivity contribution is -0.158. The Kier molecular flexibility index (Phi) is 6.23. The van der Waals surface area contributed by atoms with Gasteiger partial charge < -0.3 is 24.5 Å². The quantitative estimate of drug-likeness (QED) is 0.340. The number of nitrogens with one attached hydrogen (secondary N) is 2. The molecule has 0 bridgehead atoms. The number of rotatable bonds is 5. The molecule has 0 saturated heterocycles. The molecule has 0 atom stereocenters. The molecular formula is C22H20N2O6. The predicted molar refractivity (Wildman–Crippen MR) is 109 cm³/mol. The van der Waals surface area contributed by atoms with E-state index >= 15 is 0 Å². The van der Waals surface area contributed by atoms with Crippen molar-refractivity contribution in [3.8, 4) is 17.6 Å². The fraction of sp³-hybridized carbons (Fsp3) is 0.227. The van der Waals surface area contributed by atoms with Gasteiger partial charge in [-0.15, -0.1) is 0 Å². The van der Waals surface area contributed by atoms with Gasteiger partial charge in [0.25, 0.3) is 5.91 Å². The molecule has 1 aliphatic heterocycles. The first-order valence-corrected chi connectivity index (χ1v) is 9.02. The molecule has 0 saturated carbocycles. The van der Waals surface area contributed by atoms with Crippen LogP contribution < -0.4 is 10.1 Å². The summed E-state index contributed by atoms with van der Waals surface area (Å²) in [6.45, 7) is 0. The van der Waals surface area contributed by atoms with Gasteiger partial charge in [0, 0.05) is 23.7 Å². The van der Waals surface area contributed by atoms with Crippen LogP contribution in [0.2, 0.25) is 0 Å². The first kappa shape index (κ1) is 20.7. The molecule has 154 valence electrons. The number of anilines is 1. The summed E-state index contributed by atoms with van der Waals surface area (Å²) in [6.07, 6.45) is 3.33. The normalized spacial score (nSPS) is 13.3. The molecule has 8 nitrogen and oxygen atoms in total. The molecule has 8 heteroatoms. The number of benzene rings is 1. The van der Waals surface area contributed by atoms with Crippen molar-refractivity contribution in [2.75, 3.05) is 26.6 Å². The molecule has 2 heterocycles. The molecule has 1 amide bonds. The Morgan fingerprint density at radius 2 is 1.87 bits per heavy atom. The molecule has 30 heavy (non-hydrogen) atoms. The number of esters is 2. The highest BCUT2D eigenvalue weighted by molar-refractivity contribution is 6.35. The van der Waals surface area contributed by atoms with Crippen LogP contribution in [0.25, 0.3) is 11.6 Å². The second-order valence-corrected chi connectivity index (χ2v) is 6.30. The number of fused-ring (bicyclic) bond motifs is 1. The summed E-state index contributed by atoms with van der Waals surface area (Å²) in [7, 11) is 3.93. The third-order valence-corrected chi connectivity index (χ3v) is 4.57. The summed E-state index contributed by atoms with van der Waals surface area (Å²) in [5, 5.41) is 2.81. The van der Waals surface area contributed by atoms with Crippen LogP contribution >= 0.6 is 0 Å². The summed E-state index contributed by atoms with van der Waals surface area (Å²) < 4.78 is 14.6. The van der Waals surface area contributed by atoms with E-state index in [1.54, 1.807) is 43.6 Å². The van der Waals surface area contributed by atoms with Crippen LogP contribution in [-0.2, 0) is 23.9 Å². The summed E-state index contributed by atoms with van der Waals surface area (Å²) in [5.74, 6) is 3.55. The van der Waals surface area contributed by atoms with E-state index in [0.29, 0.717) is 33.8 Å². The van der Waals surface area contributed by atoms with Crippen LogP contribution in [0, 0.1) is 17.8 Å². The lowest BCUT2D eigenvalue weighted by atomic mass is 9.99. The molecule has 1 aromatic heterocycles. The summed E-state index contributed by atoms with van der Waals surface area (Å²) in [6, 6.07) is 7.05. The maximum absolute atomic E-state index is 12.5. The SMILES string of the molecule is COC(=O)C(CC#Cc1cccc2c1/C(=C/c1[nH]ccc1OC)C(=O)N2)C(=O)OC. The summed E-state index contributed by atoms with van der Waals surface area (Å²) >= 11 is 0. The van der Waals surface area contributed by atoms with E-state index in [1.165, 1.54) is 14.2 Å². The summed E-state index contributed by atoms with van der Waals surface area (Å²) in [4.78, 5) is 39.2. The lowest BCUT2D eigenvalue weighted by Crippen LogP contribution is -2.26. The maximum Gasteiger partial charge on any atom is 0.321 e. The van der Waals surface area contributed by atoms with Crippen LogP contribution in [0.4, 0.5) is 5.69 Å². The van der Waals surface area contributed by atoms with Gasteiger partial charge in [0.2, 0.25) is 0 Å². The van der Waals surface area contributed by atoms with Gasteiger partial charge >= 0.3 is 11.9 Å². The molecule has 1 aromatic carbocycles. The van der Waals surface area contributed by atoms with Gasteiger partial charge in [-0.25, -0.2) is 0 Å². The van der Waals surface area contributed by atoms with Gasteiger partial charge in [-0.05, 0) is 24.3 Å². The van der Waals surface area contributed by atoms with Crippen molar-refractivity contribution in [3.63, 3.8) is 0 Å². The fourth-order valence-corrected chi connectivity index (χ4v) is 3.09.